The van der Waals surface area contributed by atoms with Gasteiger partial charge in [-0.15, -0.1) is 0 Å². The fraction of sp³-hybridized carbons (Fsp3) is 0.583. The second-order valence-corrected chi connectivity index (χ2v) is 5.81. The Morgan fingerprint density at radius 1 is 1.44 bits per heavy atom. The zero-order valence-electron chi connectivity index (χ0n) is 10.4. The van der Waals surface area contributed by atoms with E-state index in [0.29, 0.717) is 10.8 Å². The SMILES string of the molecule is CC(C)C(=O)Nc1nc(C2CCC2)c(C(=O)O)s1. The Balaban J connectivity index is 2.22. The molecule has 0 spiro atoms. The van der Waals surface area contributed by atoms with Gasteiger partial charge >= 0.3 is 5.97 Å². The van der Waals surface area contributed by atoms with Crippen molar-refractivity contribution >= 4 is 28.3 Å². The lowest BCUT2D eigenvalue weighted by molar-refractivity contribution is -0.118. The van der Waals surface area contributed by atoms with Gasteiger partial charge in [-0.05, 0) is 12.8 Å². The molecule has 0 aromatic carbocycles. The van der Waals surface area contributed by atoms with E-state index in [-0.39, 0.29) is 22.6 Å². The van der Waals surface area contributed by atoms with Gasteiger partial charge < -0.3 is 10.4 Å². The average molecular weight is 268 g/mol. The van der Waals surface area contributed by atoms with E-state index < -0.39 is 5.97 Å². The highest BCUT2D eigenvalue weighted by atomic mass is 32.1. The number of carboxylic acids is 1. The first kappa shape index (κ1) is 13.0. The number of thiazole rings is 1. The molecule has 1 saturated carbocycles. The van der Waals surface area contributed by atoms with Crippen molar-refractivity contribution in [3.05, 3.63) is 10.6 Å². The smallest absolute Gasteiger partial charge is 0.347 e. The highest BCUT2D eigenvalue weighted by Crippen LogP contribution is 2.40. The lowest BCUT2D eigenvalue weighted by Gasteiger charge is -2.23. The number of carbonyl (C=O) groups is 2. The van der Waals surface area contributed by atoms with E-state index in [9.17, 15) is 9.59 Å². The third kappa shape index (κ3) is 2.53. The predicted octanol–water partition coefficient (Wildman–Crippen LogP) is 2.70. The first-order chi connectivity index (χ1) is 8.49. The highest BCUT2D eigenvalue weighted by Gasteiger charge is 2.29. The summed E-state index contributed by atoms with van der Waals surface area (Å²) in [4.78, 5) is 27.3. The van der Waals surface area contributed by atoms with Crippen LogP contribution in [0.4, 0.5) is 5.13 Å². The molecule has 2 N–H and O–H groups in total. The monoisotopic (exact) mass is 268 g/mol. The zero-order valence-corrected chi connectivity index (χ0v) is 11.2. The summed E-state index contributed by atoms with van der Waals surface area (Å²) in [7, 11) is 0. The number of nitrogens with zero attached hydrogens (tertiary/aromatic N) is 1. The van der Waals surface area contributed by atoms with Crippen molar-refractivity contribution in [2.24, 2.45) is 5.92 Å². The lowest BCUT2D eigenvalue weighted by atomic mass is 9.82. The number of nitrogens with one attached hydrogen (secondary N) is 1. The summed E-state index contributed by atoms with van der Waals surface area (Å²) >= 11 is 1.05. The maximum Gasteiger partial charge on any atom is 0.347 e. The number of anilines is 1. The van der Waals surface area contributed by atoms with E-state index in [1.54, 1.807) is 13.8 Å². The van der Waals surface area contributed by atoms with E-state index in [2.05, 4.69) is 10.3 Å². The van der Waals surface area contributed by atoms with Crippen LogP contribution in [0.15, 0.2) is 0 Å². The quantitative estimate of drug-likeness (QED) is 0.880. The van der Waals surface area contributed by atoms with Crippen LogP contribution in [-0.2, 0) is 4.79 Å². The third-order valence-electron chi connectivity index (χ3n) is 3.09. The molecule has 1 amide bonds. The second kappa shape index (κ2) is 5.06. The molecular formula is C12H16N2O3S. The number of rotatable bonds is 4. The lowest BCUT2D eigenvalue weighted by Crippen LogP contribution is -2.18. The van der Waals surface area contributed by atoms with Crippen LogP contribution in [0, 0.1) is 5.92 Å². The van der Waals surface area contributed by atoms with Crippen molar-refractivity contribution in [2.75, 3.05) is 5.32 Å². The van der Waals surface area contributed by atoms with Gasteiger partial charge in [-0.1, -0.05) is 31.6 Å². The van der Waals surface area contributed by atoms with Gasteiger partial charge in [-0.3, -0.25) is 4.79 Å². The van der Waals surface area contributed by atoms with Crippen LogP contribution in [0.2, 0.25) is 0 Å². The largest absolute Gasteiger partial charge is 0.477 e. The van der Waals surface area contributed by atoms with Crippen LogP contribution in [-0.4, -0.2) is 22.0 Å². The number of carbonyl (C=O) groups excluding carboxylic acids is 1. The van der Waals surface area contributed by atoms with Crippen molar-refractivity contribution < 1.29 is 14.7 Å². The summed E-state index contributed by atoms with van der Waals surface area (Å²) in [6.45, 7) is 3.57. The molecule has 2 rings (SSSR count). The Hall–Kier alpha value is -1.43. The van der Waals surface area contributed by atoms with E-state index >= 15 is 0 Å². The maximum atomic E-state index is 11.6. The van der Waals surface area contributed by atoms with E-state index in [1.807, 2.05) is 0 Å². The van der Waals surface area contributed by atoms with E-state index in [4.69, 9.17) is 5.11 Å². The van der Waals surface area contributed by atoms with Gasteiger partial charge in [0.2, 0.25) is 5.91 Å². The summed E-state index contributed by atoms with van der Waals surface area (Å²) in [6.07, 6.45) is 3.10. The predicted molar refractivity (Wildman–Crippen MR) is 69.1 cm³/mol. The fourth-order valence-electron chi connectivity index (χ4n) is 1.75. The van der Waals surface area contributed by atoms with Crippen molar-refractivity contribution in [2.45, 2.75) is 39.0 Å². The minimum atomic E-state index is -0.959. The number of aromatic carboxylic acids is 1. The molecule has 1 aromatic heterocycles. The number of aromatic nitrogens is 1. The molecule has 1 aliphatic rings. The van der Waals surface area contributed by atoms with Crippen LogP contribution in [0.1, 0.15) is 54.4 Å². The molecule has 98 valence electrons. The number of amides is 1. The maximum absolute atomic E-state index is 11.6. The summed E-state index contributed by atoms with van der Waals surface area (Å²) in [6, 6.07) is 0. The Kier molecular flexibility index (Phi) is 3.65. The molecule has 0 unspecified atom stereocenters. The summed E-state index contributed by atoms with van der Waals surface area (Å²) in [5.74, 6) is -0.994. The molecule has 0 bridgehead atoms. The van der Waals surface area contributed by atoms with Crippen LogP contribution >= 0.6 is 11.3 Å². The second-order valence-electron chi connectivity index (χ2n) is 4.81. The van der Waals surface area contributed by atoms with E-state index in [0.717, 1.165) is 30.6 Å². The molecule has 1 heterocycles. The minimum absolute atomic E-state index is 0.138. The molecule has 0 saturated heterocycles. The number of hydrogen-bond donors (Lipinski definition) is 2. The minimum Gasteiger partial charge on any atom is -0.477 e. The van der Waals surface area contributed by atoms with E-state index in [1.165, 1.54) is 0 Å². The first-order valence-corrected chi connectivity index (χ1v) is 6.85. The summed E-state index contributed by atoms with van der Waals surface area (Å²) < 4.78 is 0. The Bertz CT molecular complexity index is 478. The first-order valence-electron chi connectivity index (χ1n) is 6.04. The van der Waals surface area contributed by atoms with Crippen LogP contribution in [0.25, 0.3) is 0 Å². The normalized spacial score (nSPS) is 15.5. The number of carboxylic acid groups (broad SMARTS) is 1. The molecule has 5 nitrogen and oxygen atoms in total. The van der Waals surface area contributed by atoms with Crippen molar-refractivity contribution in [3.8, 4) is 0 Å². The van der Waals surface area contributed by atoms with Crippen LogP contribution < -0.4 is 5.32 Å². The summed E-state index contributed by atoms with van der Waals surface area (Å²) in [5, 5.41) is 12.2. The average Bonchev–Trinajstić information content (AvgIpc) is 2.59. The molecule has 0 atom stereocenters. The molecule has 6 heteroatoms. The van der Waals surface area contributed by atoms with Gasteiger partial charge in [-0.25, -0.2) is 9.78 Å². The van der Waals surface area contributed by atoms with Gasteiger partial charge in [-0.2, -0.15) is 0 Å². The molecule has 0 aliphatic heterocycles. The Labute approximate surface area is 109 Å². The van der Waals surface area contributed by atoms with Gasteiger partial charge in [0.05, 0.1) is 5.69 Å². The Morgan fingerprint density at radius 3 is 2.56 bits per heavy atom. The zero-order chi connectivity index (χ0) is 13.3. The van der Waals surface area contributed by atoms with Gasteiger partial charge in [0.1, 0.15) is 4.88 Å². The number of hydrogen-bond acceptors (Lipinski definition) is 4. The van der Waals surface area contributed by atoms with Gasteiger partial charge in [0.25, 0.3) is 0 Å². The highest BCUT2D eigenvalue weighted by molar-refractivity contribution is 7.17. The fourth-order valence-corrected chi connectivity index (χ4v) is 2.64. The van der Waals surface area contributed by atoms with Crippen molar-refractivity contribution in [1.82, 2.24) is 4.98 Å². The molecule has 18 heavy (non-hydrogen) atoms. The van der Waals surface area contributed by atoms with Gasteiger partial charge in [0, 0.05) is 11.8 Å². The topological polar surface area (TPSA) is 79.3 Å². The molecule has 1 aromatic rings. The molecule has 1 aliphatic carbocycles. The molecule has 1 fully saturated rings. The van der Waals surface area contributed by atoms with Gasteiger partial charge in [0.15, 0.2) is 5.13 Å². The summed E-state index contributed by atoms with van der Waals surface area (Å²) in [5.41, 5.74) is 0.637. The van der Waals surface area contributed by atoms with Crippen molar-refractivity contribution in [3.63, 3.8) is 0 Å². The van der Waals surface area contributed by atoms with Crippen LogP contribution in [0.3, 0.4) is 0 Å². The Morgan fingerprint density at radius 2 is 2.11 bits per heavy atom. The standard InChI is InChI=1S/C12H16N2O3S/c1-6(2)10(15)14-12-13-8(7-4-3-5-7)9(18-12)11(16)17/h6-7H,3-5H2,1-2H3,(H,16,17)(H,13,14,15). The third-order valence-corrected chi connectivity index (χ3v) is 4.07. The van der Waals surface area contributed by atoms with Crippen LogP contribution in [0.5, 0.6) is 0 Å². The molecular weight excluding hydrogens is 252 g/mol. The van der Waals surface area contributed by atoms with Crippen molar-refractivity contribution in [1.29, 1.82) is 0 Å². The molecule has 0 radical (unpaired) electrons.